The van der Waals surface area contributed by atoms with E-state index < -0.39 is 0 Å². The fourth-order valence-electron chi connectivity index (χ4n) is 4.11. The van der Waals surface area contributed by atoms with Gasteiger partial charge >= 0.3 is 5.69 Å². The molecule has 0 aliphatic heterocycles. The number of hydrogen-bond acceptors (Lipinski definition) is 8. The first-order chi connectivity index (χ1) is 18.0. The molecule has 1 amide bonds. The third kappa shape index (κ3) is 4.77. The third-order valence-electron chi connectivity index (χ3n) is 6.09. The van der Waals surface area contributed by atoms with Gasteiger partial charge in [0.25, 0.3) is 5.91 Å². The average molecular weight is 506 g/mol. The Balaban J connectivity index is 1.28. The van der Waals surface area contributed by atoms with E-state index in [1.54, 1.807) is 35.2 Å². The first-order valence-electron chi connectivity index (χ1n) is 11.8. The van der Waals surface area contributed by atoms with Crippen molar-refractivity contribution in [3.63, 3.8) is 0 Å². The van der Waals surface area contributed by atoms with Gasteiger partial charge in [0.1, 0.15) is 5.69 Å². The summed E-state index contributed by atoms with van der Waals surface area (Å²) in [7, 11) is 4.59. The molecule has 3 aromatic heterocycles. The van der Waals surface area contributed by atoms with Gasteiger partial charge in [0, 0.05) is 36.1 Å². The minimum atomic E-state index is -0.353. The van der Waals surface area contributed by atoms with Gasteiger partial charge in [-0.15, -0.1) is 5.10 Å². The first-order valence-corrected chi connectivity index (χ1v) is 11.8. The van der Waals surface area contributed by atoms with Crippen molar-refractivity contribution >= 4 is 5.91 Å². The van der Waals surface area contributed by atoms with Gasteiger partial charge in [0.15, 0.2) is 17.3 Å². The third-order valence-corrected chi connectivity index (χ3v) is 6.09. The molecule has 0 atom stereocenters. The largest absolute Gasteiger partial charge is 0.493 e. The lowest BCUT2D eigenvalue weighted by Gasteiger charge is -2.13. The highest BCUT2D eigenvalue weighted by molar-refractivity contribution is 5.93. The van der Waals surface area contributed by atoms with E-state index in [1.807, 2.05) is 12.1 Å². The molecule has 5 rings (SSSR count). The van der Waals surface area contributed by atoms with Gasteiger partial charge in [-0.1, -0.05) is 0 Å². The highest BCUT2D eigenvalue weighted by atomic mass is 16.5. The Labute approximate surface area is 212 Å². The van der Waals surface area contributed by atoms with E-state index in [9.17, 15) is 9.59 Å². The molecular weight excluding hydrogens is 478 g/mol. The minimum absolute atomic E-state index is 0.157. The Bertz CT molecular complexity index is 1450. The number of rotatable bonds is 10. The van der Waals surface area contributed by atoms with Crippen LogP contribution in [0.2, 0.25) is 0 Å². The van der Waals surface area contributed by atoms with Crippen LogP contribution in [0.3, 0.4) is 0 Å². The average Bonchev–Trinajstić information content (AvgIpc) is 3.54. The van der Waals surface area contributed by atoms with Crippen LogP contribution in [0.25, 0.3) is 22.6 Å². The lowest BCUT2D eigenvalue weighted by molar-refractivity contribution is 0.0946. The summed E-state index contributed by atoms with van der Waals surface area (Å²) in [5.41, 5.74) is 2.08. The molecule has 1 fully saturated rings. The van der Waals surface area contributed by atoms with Gasteiger partial charge in [0.2, 0.25) is 5.75 Å². The first kappa shape index (κ1) is 24.1. The summed E-state index contributed by atoms with van der Waals surface area (Å²) in [5.74, 6) is 1.66. The molecule has 1 saturated carbocycles. The Morgan fingerprint density at radius 1 is 1.11 bits per heavy atom. The highest BCUT2D eigenvalue weighted by Crippen LogP contribution is 2.41. The lowest BCUT2D eigenvalue weighted by atomic mass is 10.1. The van der Waals surface area contributed by atoms with Crippen molar-refractivity contribution in [3.8, 4) is 39.9 Å². The maximum Gasteiger partial charge on any atom is 0.346 e. The predicted octanol–water partition coefficient (Wildman–Crippen LogP) is 2.29. The molecule has 0 bridgehead atoms. The molecule has 0 spiro atoms. The van der Waals surface area contributed by atoms with E-state index in [2.05, 4.69) is 25.6 Å². The van der Waals surface area contributed by atoms with Crippen LogP contribution in [-0.4, -0.2) is 63.3 Å². The van der Waals surface area contributed by atoms with E-state index >= 15 is 0 Å². The second-order valence-electron chi connectivity index (χ2n) is 8.51. The van der Waals surface area contributed by atoms with Gasteiger partial charge in [-0.2, -0.15) is 5.10 Å². The number of aromatic amines is 1. The SMILES string of the molecule is COc1cc(-c2cc(C(=O)NCCn3nc(-c4cccnc4)n(C4CC4)c3=O)[nH]n2)cc(OC)c1OC. The normalized spacial score (nSPS) is 12.8. The van der Waals surface area contributed by atoms with Crippen molar-refractivity contribution in [2.75, 3.05) is 27.9 Å². The van der Waals surface area contributed by atoms with Crippen molar-refractivity contribution in [1.29, 1.82) is 0 Å². The molecule has 1 aromatic carbocycles. The fourth-order valence-corrected chi connectivity index (χ4v) is 4.11. The van der Waals surface area contributed by atoms with Gasteiger partial charge in [-0.05, 0) is 43.2 Å². The molecule has 37 heavy (non-hydrogen) atoms. The molecule has 12 nitrogen and oxygen atoms in total. The molecule has 3 heterocycles. The number of carbonyl (C=O) groups excluding carboxylic acids is 1. The molecule has 1 aliphatic rings. The Hall–Kier alpha value is -4.61. The van der Waals surface area contributed by atoms with Gasteiger partial charge in [0.05, 0.1) is 33.6 Å². The second-order valence-corrected chi connectivity index (χ2v) is 8.51. The zero-order valence-corrected chi connectivity index (χ0v) is 20.7. The summed E-state index contributed by atoms with van der Waals surface area (Å²) >= 11 is 0. The molecule has 192 valence electrons. The number of H-pyrrole nitrogens is 1. The molecule has 4 aromatic rings. The van der Waals surface area contributed by atoms with Crippen LogP contribution in [0.15, 0.2) is 47.5 Å². The van der Waals surface area contributed by atoms with Crippen molar-refractivity contribution in [1.82, 2.24) is 34.8 Å². The molecule has 12 heteroatoms. The fraction of sp³-hybridized carbons (Fsp3) is 0.320. The number of aromatic nitrogens is 6. The van der Waals surface area contributed by atoms with E-state index in [-0.39, 0.29) is 36.4 Å². The van der Waals surface area contributed by atoms with Crippen LogP contribution in [-0.2, 0) is 6.54 Å². The summed E-state index contributed by atoms with van der Waals surface area (Å²) in [6, 6.07) is 8.98. The quantitative estimate of drug-likeness (QED) is 0.335. The number of ether oxygens (including phenoxy) is 3. The monoisotopic (exact) mass is 505 g/mol. The molecule has 1 aliphatic carbocycles. The number of methoxy groups -OCH3 is 3. The summed E-state index contributed by atoms with van der Waals surface area (Å²) in [6.07, 6.45) is 5.27. The molecule has 2 N–H and O–H groups in total. The van der Waals surface area contributed by atoms with Crippen molar-refractivity contribution < 1.29 is 19.0 Å². The van der Waals surface area contributed by atoms with Crippen LogP contribution in [0.5, 0.6) is 17.2 Å². The van der Waals surface area contributed by atoms with E-state index in [0.29, 0.717) is 34.3 Å². The van der Waals surface area contributed by atoms with Gasteiger partial charge in [-0.3, -0.25) is 19.4 Å². The summed E-state index contributed by atoms with van der Waals surface area (Å²) < 4.78 is 19.3. The van der Waals surface area contributed by atoms with Gasteiger partial charge < -0.3 is 19.5 Å². The van der Waals surface area contributed by atoms with Crippen LogP contribution >= 0.6 is 0 Å². The van der Waals surface area contributed by atoms with E-state index in [4.69, 9.17) is 14.2 Å². The number of benzene rings is 1. The summed E-state index contributed by atoms with van der Waals surface area (Å²) in [6.45, 7) is 0.441. The van der Waals surface area contributed by atoms with E-state index in [0.717, 1.165) is 18.4 Å². The Kier molecular flexibility index (Phi) is 6.62. The summed E-state index contributed by atoms with van der Waals surface area (Å²) in [5, 5.41) is 14.3. The summed E-state index contributed by atoms with van der Waals surface area (Å²) in [4.78, 5) is 29.9. The second kappa shape index (κ2) is 10.2. The van der Waals surface area contributed by atoms with Crippen molar-refractivity contribution in [2.45, 2.75) is 25.4 Å². The van der Waals surface area contributed by atoms with Crippen LogP contribution < -0.4 is 25.2 Å². The topological polar surface area (TPSA) is 138 Å². The molecule has 0 unspecified atom stereocenters. The predicted molar refractivity (Wildman–Crippen MR) is 134 cm³/mol. The number of amides is 1. The standard InChI is InChI=1S/C25H27N7O5/c1-35-20-11-16(12-21(36-2)22(20)37-3)18-13-19(29-28-18)24(33)27-9-10-31-25(34)32(17-6-7-17)23(30-31)15-5-4-8-26-14-15/h4-5,8,11-14,17H,6-7,9-10H2,1-3H3,(H,27,33)(H,28,29). The minimum Gasteiger partial charge on any atom is -0.493 e. The Morgan fingerprint density at radius 2 is 1.86 bits per heavy atom. The Morgan fingerprint density at radius 3 is 2.49 bits per heavy atom. The number of nitrogens with one attached hydrogen (secondary N) is 2. The lowest BCUT2D eigenvalue weighted by Crippen LogP contribution is -2.32. The molecular formula is C25H27N7O5. The number of nitrogens with zero attached hydrogens (tertiary/aromatic N) is 5. The number of pyridine rings is 1. The molecule has 0 radical (unpaired) electrons. The number of hydrogen-bond donors (Lipinski definition) is 2. The number of carbonyl (C=O) groups is 1. The van der Waals surface area contributed by atoms with Crippen molar-refractivity contribution in [2.24, 2.45) is 0 Å². The smallest absolute Gasteiger partial charge is 0.346 e. The highest BCUT2D eigenvalue weighted by Gasteiger charge is 2.30. The molecule has 0 saturated heterocycles. The van der Waals surface area contributed by atoms with Gasteiger partial charge in [-0.25, -0.2) is 9.48 Å². The van der Waals surface area contributed by atoms with E-state index in [1.165, 1.54) is 26.0 Å². The van der Waals surface area contributed by atoms with Crippen LogP contribution in [0.4, 0.5) is 0 Å². The maximum absolute atomic E-state index is 13.0. The maximum atomic E-state index is 13.0. The van der Waals surface area contributed by atoms with Crippen molar-refractivity contribution in [3.05, 3.63) is 58.9 Å². The zero-order chi connectivity index (χ0) is 25.9. The van der Waals surface area contributed by atoms with Crippen LogP contribution in [0, 0.1) is 0 Å². The van der Waals surface area contributed by atoms with Crippen LogP contribution in [0.1, 0.15) is 29.4 Å². The zero-order valence-electron chi connectivity index (χ0n) is 20.7.